The van der Waals surface area contributed by atoms with Crippen molar-refractivity contribution in [2.75, 3.05) is 26.7 Å². The van der Waals surface area contributed by atoms with Crippen LogP contribution in [0.5, 0.6) is 0 Å². The summed E-state index contributed by atoms with van der Waals surface area (Å²) in [5, 5.41) is 3.23. The van der Waals surface area contributed by atoms with Gasteiger partial charge in [-0.05, 0) is 45.6 Å². The first kappa shape index (κ1) is 16.1. The molecule has 0 bridgehead atoms. The van der Waals surface area contributed by atoms with Crippen molar-refractivity contribution in [2.24, 2.45) is 0 Å². The van der Waals surface area contributed by atoms with E-state index in [1.807, 2.05) is 6.92 Å². The van der Waals surface area contributed by atoms with Crippen molar-refractivity contribution in [2.45, 2.75) is 32.7 Å². The summed E-state index contributed by atoms with van der Waals surface area (Å²) in [6, 6.07) is 4.24. The van der Waals surface area contributed by atoms with Gasteiger partial charge in [0.25, 0.3) is 0 Å². The SMILES string of the molecule is CCCN(C)CCC(NCC)c1cccc(F)c1F. The van der Waals surface area contributed by atoms with Gasteiger partial charge in [0.1, 0.15) is 0 Å². The fraction of sp³-hybridized carbons (Fsp3) is 0.600. The third kappa shape index (κ3) is 4.88. The van der Waals surface area contributed by atoms with E-state index in [0.717, 1.165) is 38.5 Å². The van der Waals surface area contributed by atoms with Crippen LogP contribution >= 0.6 is 0 Å². The Morgan fingerprint density at radius 1 is 1.21 bits per heavy atom. The molecule has 2 nitrogen and oxygen atoms in total. The highest BCUT2D eigenvalue weighted by molar-refractivity contribution is 5.22. The van der Waals surface area contributed by atoms with Crippen molar-refractivity contribution in [1.29, 1.82) is 0 Å². The first-order valence-electron chi connectivity index (χ1n) is 6.96. The second-order valence-electron chi connectivity index (χ2n) is 4.85. The third-order valence-corrected chi connectivity index (χ3v) is 3.21. The molecular weight excluding hydrogens is 246 g/mol. The van der Waals surface area contributed by atoms with Gasteiger partial charge >= 0.3 is 0 Å². The van der Waals surface area contributed by atoms with Gasteiger partial charge < -0.3 is 10.2 Å². The summed E-state index contributed by atoms with van der Waals surface area (Å²) in [5.74, 6) is -1.51. The molecule has 0 radical (unpaired) electrons. The van der Waals surface area contributed by atoms with Crippen LogP contribution in [-0.4, -0.2) is 31.6 Å². The van der Waals surface area contributed by atoms with Gasteiger partial charge in [-0.1, -0.05) is 26.0 Å². The van der Waals surface area contributed by atoms with E-state index < -0.39 is 11.6 Å². The van der Waals surface area contributed by atoms with Gasteiger partial charge in [0.05, 0.1) is 0 Å². The molecular formula is C15H24F2N2. The molecule has 1 aromatic carbocycles. The topological polar surface area (TPSA) is 15.3 Å². The number of nitrogens with zero attached hydrogens (tertiary/aromatic N) is 1. The predicted octanol–water partition coefficient (Wildman–Crippen LogP) is 3.35. The van der Waals surface area contributed by atoms with Crippen LogP contribution < -0.4 is 5.32 Å². The maximum Gasteiger partial charge on any atom is 0.163 e. The molecule has 1 N–H and O–H groups in total. The second kappa shape index (κ2) is 8.23. The summed E-state index contributed by atoms with van der Waals surface area (Å²) in [7, 11) is 2.05. The first-order chi connectivity index (χ1) is 9.10. The number of rotatable bonds is 8. The molecule has 0 aliphatic rings. The van der Waals surface area contributed by atoms with E-state index in [2.05, 4.69) is 24.2 Å². The van der Waals surface area contributed by atoms with E-state index in [-0.39, 0.29) is 6.04 Å². The van der Waals surface area contributed by atoms with Gasteiger partial charge in [-0.3, -0.25) is 0 Å². The Labute approximate surface area is 114 Å². The molecule has 0 spiro atoms. The van der Waals surface area contributed by atoms with E-state index in [1.54, 1.807) is 12.1 Å². The highest BCUT2D eigenvalue weighted by atomic mass is 19.2. The van der Waals surface area contributed by atoms with Crippen molar-refractivity contribution >= 4 is 0 Å². The van der Waals surface area contributed by atoms with Crippen LogP contribution in [0.25, 0.3) is 0 Å². The quantitative estimate of drug-likeness (QED) is 0.779. The van der Waals surface area contributed by atoms with Crippen molar-refractivity contribution in [3.8, 4) is 0 Å². The van der Waals surface area contributed by atoms with Crippen molar-refractivity contribution in [3.05, 3.63) is 35.4 Å². The Balaban J connectivity index is 2.73. The van der Waals surface area contributed by atoms with Gasteiger partial charge in [-0.15, -0.1) is 0 Å². The van der Waals surface area contributed by atoms with Gasteiger partial charge in [0.15, 0.2) is 11.6 Å². The van der Waals surface area contributed by atoms with Crippen LogP contribution in [0, 0.1) is 11.6 Å². The van der Waals surface area contributed by atoms with Gasteiger partial charge in [0, 0.05) is 11.6 Å². The largest absolute Gasteiger partial charge is 0.310 e. The van der Waals surface area contributed by atoms with Crippen LogP contribution in [0.3, 0.4) is 0 Å². The van der Waals surface area contributed by atoms with Crippen LogP contribution in [-0.2, 0) is 0 Å². The van der Waals surface area contributed by atoms with Crippen molar-refractivity contribution in [3.63, 3.8) is 0 Å². The maximum absolute atomic E-state index is 13.8. The molecule has 19 heavy (non-hydrogen) atoms. The summed E-state index contributed by atoms with van der Waals surface area (Å²) in [5.41, 5.74) is 0.423. The second-order valence-corrected chi connectivity index (χ2v) is 4.85. The number of benzene rings is 1. The number of halogens is 2. The molecule has 0 amide bonds. The smallest absolute Gasteiger partial charge is 0.163 e. The predicted molar refractivity (Wildman–Crippen MR) is 75.2 cm³/mol. The maximum atomic E-state index is 13.8. The molecule has 0 saturated carbocycles. The summed E-state index contributed by atoms with van der Waals surface area (Å²) < 4.78 is 27.1. The number of hydrogen-bond donors (Lipinski definition) is 1. The van der Waals surface area contributed by atoms with Crippen LogP contribution in [0.4, 0.5) is 8.78 Å². The van der Waals surface area contributed by atoms with E-state index in [0.29, 0.717) is 5.56 Å². The summed E-state index contributed by atoms with van der Waals surface area (Å²) in [4.78, 5) is 2.21. The normalized spacial score (nSPS) is 12.9. The Morgan fingerprint density at radius 2 is 1.95 bits per heavy atom. The minimum Gasteiger partial charge on any atom is -0.310 e. The zero-order chi connectivity index (χ0) is 14.3. The Kier molecular flexibility index (Phi) is 6.95. The van der Waals surface area contributed by atoms with E-state index in [9.17, 15) is 8.78 Å². The standard InChI is InChI=1S/C15H24F2N2/c1-4-10-19(3)11-9-14(18-5-2)12-7-6-8-13(16)15(12)17/h6-8,14,18H,4-5,9-11H2,1-3H3. The van der Waals surface area contributed by atoms with Crippen molar-refractivity contribution in [1.82, 2.24) is 10.2 Å². The average Bonchev–Trinajstić information content (AvgIpc) is 2.38. The van der Waals surface area contributed by atoms with E-state index in [1.165, 1.54) is 0 Å². The van der Waals surface area contributed by atoms with E-state index >= 15 is 0 Å². The Morgan fingerprint density at radius 3 is 2.58 bits per heavy atom. The summed E-state index contributed by atoms with van der Waals surface area (Å²) in [6.45, 7) is 6.72. The minimum absolute atomic E-state index is 0.139. The van der Waals surface area contributed by atoms with Crippen LogP contribution in [0.2, 0.25) is 0 Å². The van der Waals surface area contributed by atoms with Crippen LogP contribution in [0.15, 0.2) is 18.2 Å². The van der Waals surface area contributed by atoms with E-state index in [4.69, 9.17) is 0 Å². The molecule has 0 aromatic heterocycles. The summed E-state index contributed by atoms with van der Waals surface area (Å²) in [6.07, 6.45) is 1.86. The molecule has 1 aromatic rings. The summed E-state index contributed by atoms with van der Waals surface area (Å²) >= 11 is 0. The van der Waals surface area contributed by atoms with Crippen molar-refractivity contribution < 1.29 is 8.78 Å². The highest BCUT2D eigenvalue weighted by Gasteiger charge is 2.17. The third-order valence-electron chi connectivity index (χ3n) is 3.21. The molecule has 0 heterocycles. The fourth-order valence-corrected chi connectivity index (χ4v) is 2.25. The molecule has 1 unspecified atom stereocenters. The molecule has 0 fully saturated rings. The lowest BCUT2D eigenvalue weighted by molar-refractivity contribution is 0.306. The average molecular weight is 270 g/mol. The molecule has 1 rings (SSSR count). The lowest BCUT2D eigenvalue weighted by atomic mass is 10.0. The zero-order valence-electron chi connectivity index (χ0n) is 12.0. The molecule has 0 aliphatic carbocycles. The lowest BCUT2D eigenvalue weighted by Gasteiger charge is -2.23. The van der Waals surface area contributed by atoms with Gasteiger partial charge in [-0.2, -0.15) is 0 Å². The number of hydrogen-bond acceptors (Lipinski definition) is 2. The number of nitrogens with one attached hydrogen (secondary N) is 1. The minimum atomic E-state index is -0.776. The first-order valence-corrected chi connectivity index (χ1v) is 6.96. The monoisotopic (exact) mass is 270 g/mol. The van der Waals surface area contributed by atoms with Crippen LogP contribution in [0.1, 0.15) is 38.3 Å². The molecule has 108 valence electrons. The molecule has 0 saturated heterocycles. The zero-order valence-corrected chi connectivity index (χ0v) is 12.0. The Bertz CT molecular complexity index is 382. The molecule has 0 aliphatic heterocycles. The molecule has 1 atom stereocenters. The molecule has 4 heteroatoms. The Hall–Kier alpha value is -1.00. The fourth-order valence-electron chi connectivity index (χ4n) is 2.25. The van der Waals surface area contributed by atoms with Gasteiger partial charge in [0.2, 0.25) is 0 Å². The highest BCUT2D eigenvalue weighted by Crippen LogP contribution is 2.22. The van der Waals surface area contributed by atoms with Gasteiger partial charge in [-0.25, -0.2) is 8.78 Å². The lowest BCUT2D eigenvalue weighted by Crippen LogP contribution is -2.28.